The van der Waals surface area contributed by atoms with Crippen molar-refractivity contribution in [3.63, 3.8) is 0 Å². The van der Waals surface area contributed by atoms with E-state index in [0.717, 1.165) is 31.4 Å². The first-order valence-corrected chi connectivity index (χ1v) is 7.90. The Hall–Kier alpha value is -1.78. The van der Waals surface area contributed by atoms with Crippen LogP contribution >= 0.6 is 0 Å². The smallest absolute Gasteiger partial charge is 0.410 e. The maximum atomic E-state index is 12.3. The summed E-state index contributed by atoms with van der Waals surface area (Å²) in [5.74, 6) is 0.598. The number of piperidine rings is 1. The van der Waals surface area contributed by atoms with Crippen LogP contribution in [0.4, 0.5) is 4.79 Å². The molecule has 1 aromatic heterocycles. The number of pyridine rings is 1. The van der Waals surface area contributed by atoms with Crippen LogP contribution in [0, 0.1) is 6.92 Å². The predicted molar refractivity (Wildman–Crippen MR) is 85.0 cm³/mol. The Bertz CT molecular complexity index is 494. The van der Waals surface area contributed by atoms with Crippen LogP contribution in [0.2, 0.25) is 0 Å². The largest absolute Gasteiger partial charge is 0.475 e. The second-order valence-corrected chi connectivity index (χ2v) is 6.81. The van der Waals surface area contributed by atoms with Gasteiger partial charge in [0.1, 0.15) is 12.2 Å². The summed E-state index contributed by atoms with van der Waals surface area (Å²) in [4.78, 5) is 18.3. The number of aromatic nitrogens is 1. The third-order valence-corrected chi connectivity index (χ3v) is 3.56. The first-order valence-electron chi connectivity index (χ1n) is 7.90. The van der Waals surface area contributed by atoms with Gasteiger partial charge < -0.3 is 14.4 Å². The molecule has 2 rings (SSSR count). The van der Waals surface area contributed by atoms with Crippen LogP contribution in [0.1, 0.15) is 45.6 Å². The number of hydrogen-bond acceptors (Lipinski definition) is 4. The lowest BCUT2D eigenvalue weighted by Gasteiger charge is -2.36. The minimum atomic E-state index is -0.474. The summed E-state index contributed by atoms with van der Waals surface area (Å²) in [6.07, 6.45) is 4.58. The zero-order valence-corrected chi connectivity index (χ0v) is 14.0. The van der Waals surface area contributed by atoms with Crippen molar-refractivity contribution in [2.45, 2.75) is 58.6 Å². The van der Waals surface area contributed by atoms with Gasteiger partial charge in [0, 0.05) is 18.8 Å². The SMILES string of the molecule is Cc1ccc(OC[C@@H]2CCCCN2C(=O)OC(C)(C)C)nc1. The van der Waals surface area contributed by atoms with Gasteiger partial charge in [-0.3, -0.25) is 0 Å². The Balaban J connectivity index is 1.94. The number of aryl methyl sites for hydroxylation is 1. The van der Waals surface area contributed by atoms with Crippen molar-refractivity contribution >= 4 is 6.09 Å². The average molecular weight is 306 g/mol. The summed E-state index contributed by atoms with van der Waals surface area (Å²) >= 11 is 0. The highest BCUT2D eigenvalue weighted by molar-refractivity contribution is 5.68. The summed E-state index contributed by atoms with van der Waals surface area (Å²) in [5, 5.41) is 0. The number of hydrogen-bond donors (Lipinski definition) is 0. The lowest BCUT2D eigenvalue weighted by molar-refractivity contribution is 0.00335. The van der Waals surface area contributed by atoms with Crippen molar-refractivity contribution in [3.05, 3.63) is 23.9 Å². The van der Waals surface area contributed by atoms with E-state index in [2.05, 4.69) is 4.98 Å². The minimum absolute atomic E-state index is 0.0479. The third kappa shape index (κ3) is 4.90. The highest BCUT2D eigenvalue weighted by atomic mass is 16.6. The number of ether oxygens (including phenoxy) is 2. The Labute approximate surface area is 132 Å². The molecule has 5 heteroatoms. The fourth-order valence-corrected chi connectivity index (χ4v) is 2.46. The van der Waals surface area contributed by atoms with Gasteiger partial charge in [0.2, 0.25) is 5.88 Å². The maximum absolute atomic E-state index is 12.3. The Morgan fingerprint density at radius 1 is 1.36 bits per heavy atom. The molecular formula is C17H26N2O3. The van der Waals surface area contributed by atoms with Crippen LogP contribution in [0.25, 0.3) is 0 Å². The molecular weight excluding hydrogens is 280 g/mol. The van der Waals surface area contributed by atoms with Crippen molar-refractivity contribution < 1.29 is 14.3 Å². The Morgan fingerprint density at radius 2 is 2.14 bits per heavy atom. The zero-order valence-electron chi connectivity index (χ0n) is 14.0. The Morgan fingerprint density at radius 3 is 2.77 bits per heavy atom. The van der Waals surface area contributed by atoms with E-state index in [4.69, 9.17) is 9.47 Å². The van der Waals surface area contributed by atoms with Crippen LogP contribution in [0.5, 0.6) is 5.88 Å². The van der Waals surface area contributed by atoms with Crippen molar-refractivity contribution in [2.75, 3.05) is 13.2 Å². The lowest BCUT2D eigenvalue weighted by Crippen LogP contribution is -2.48. The van der Waals surface area contributed by atoms with Gasteiger partial charge in [0.25, 0.3) is 0 Å². The van der Waals surface area contributed by atoms with Crippen LogP contribution in [0.3, 0.4) is 0 Å². The van der Waals surface area contributed by atoms with Gasteiger partial charge in [0.15, 0.2) is 0 Å². The van der Waals surface area contributed by atoms with E-state index in [1.165, 1.54) is 0 Å². The maximum Gasteiger partial charge on any atom is 0.410 e. The number of nitrogens with zero attached hydrogens (tertiary/aromatic N) is 2. The van der Waals surface area contributed by atoms with Crippen molar-refractivity contribution in [2.24, 2.45) is 0 Å². The summed E-state index contributed by atoms with van der Waals surface area (Å²) in [7, 11) is 0. The molecule has 1 aliphatic rings. The van der Waals surface area contributed by atoms with Gasteiger partial charge in [-0.05, 0) is 52.5 Å². The van der Waals surface area contributed by atoms with Crippen LogP contribution in [0.15, 0.2) is 18.3 Å². The second kappa shape index (κ2) is 6.99. The topological polar surface area (TPSA) is 51.7 Å². The second-order valence-electron chi connectivity index (χ2n) is 6.81. The molecule has 1 fully saturated rings. The van der Waals surface area contributed by atoms with E-state index >= 15 is 0 Å². The van der Waals surface area contributed by atoms with Crippen molar-refractivity contribution in [1.82, 2.24) is 9.88 Å². The third-order valence-electron chi connectivity index (χ3n) is 3.56. The van der Waals surface area contributed by atoms with Crippen LogP contribution < -0.4 is 4.74 Å². The van der Waals surface area contributed by atoms with Gasteiger partial charge in [-0.2, -0.15) is 0 Å². The molecule has 0 bridgehead atoms. The van der Waals surface area contributed by atoms with Gasteiger partial charge in [-0.15, -0.1) is 0 Å². The fraction of sp³-hybridized carbons (Fsp3) is 0.647. The van der Waals surface area contributed by atoms with Crippen molar-refractivity contribution in [1.29, 1.82) is 0 Å². The van der Waals surface area contributed by atoms with Gasteiger partial charge in [-0.1, -0.05) is 6.07 Å². The predicted octanol–water partition coefficient (Wildman–Crippen LogP) is 3.56. The number of carbonyl (C=O) groups is 1. The van der Waals surface area contributed by atoms with E-state index in [0.29, 0.717) is 12.5 Å². The van der Waals surface area contributed by atoms with Crippen molar-refractivity contribution in [3.8, 4) is 5.88 Å². The molecule has 0 aromatic carbocycles. The molecule has 22 heavy (non-hydrogen) atoms. The summed E-state index contributed by atoms with van der Waals surface area (Å²) in [6, 6.07) is 3.87. The molecule has 5 nitrogen and oxygen atoms in total. The normalized spacial score (nSPS) is 18.9. The Kier molecular flexibility index (Phi) is 5.27. The fourth-order valence-electron chi connectivity index (χ4n) is 2.46. The monoisotopic (exact) mass is 306 g/mol. The van der Waals surface area contributed by atoms with Gasteiger partial charge >= 0.3 is 6.09 Å². The quantitative estimate of drug-likeness (QED) is 0.857. The average Bonchev–Trinajstić information content (AvgIpc) is 2.45. The molecule has 1 atom stereocenters. The molecule has 0 aliphatic carbocycles. The van der Waals surface area contributed by atoms with Crippen LogP contribution in [-0.2, 0) is 4.74 Å². The number of carbonyl (C=O) groups excluding carboxylic acids is 1. The number of rotatable bonds is 3. The summed E-state index contributed by atoms with van der Waals surface area (Å²) in [5.41, 5.74) is 0.624. The molecule has 1 saturated heterocycles. The van der Waals surface area contributed by atoms with E-state index in [-0.39, 0.29) is 12.1 Å². The van der Waals surface area contributed by atoms with Gasteiger partial charge in [-0.25, -0.2) is 9.78 Å². The minimum Gasteiger partial charge on any atom is -0.475 e. The van der Waals surface area contributed by atoms with E-state index in [1.807, 2.05) is 39.8 Å². The molecule has 0 N–H and O–H groups in total. The number of likely N-dealkylation sites (tertiary alicyclic amines) is 1. The van der Waals surface area contributed by atoms with E-state index in [9.17, 15) is 4.79 Å². The van der Waals surface area contributed by atoms with E-state index < -0.39 is 5.60 Å². The molecule has 0 saturated carbocycles. The molecule has 0 spiro atoms. The molecule has 1 amide bonds. The first kappa shape index (κ1) is 16.6. The standard InChI is InChI=1S/C17H26N2O3/c1-13-8-9-15(18-11-13)21-12-14-7-5-6-10-19(14)16(20)22-17(2,3)4/h8-9,11,14H,5-7,10,12H2,1-4H3/t14-/m0/s1. The lowest BCUT2D eigenvalue weighted by atomic mass is 10.0. The van der Waals surface area contributed by atoms with Gasteiger partial charge in [0.05, 0.1) is 6.04 Å². The molecule has 1 aromatic rings. The summed E-state index contributed by atoms with van der Waals surface area (Å²) in [6.45, 7) is 8.82. The number of amides is 1. The molecule has 122 valence electrons. The highest BCUT2D eigenvalue weighted by Gasteiger charge is 2.30. The molecule has 0 radical (unpaired) electrons. The molecule has 0 unspecified atom stereocenters. The van der Waals surface area contributed by atoms with E-state index in [1.54, 1.807) is 11.1 Å². The molecule has 2 heterocycles. The summed E-state index contributed by atoms with van der Waals surface area (Å²) < 4.78 is 11.2. The highest BCUT2D eigenvalue weighted by Crippen LogP contribution is 2.21. The molecule has 1 aliphatic heterocycles. The van der Waals surface area contributed by atoms with Crippen LogP contribution in [-0.4, -0.2) is 40.8 Å². The zero-order chi connectivity index (χ0) is 16.2. The first-order chi connectivity index (χ1) is 10.3.